The molecular weight excluding hydrogens is 330 g/mol. The zero-order chi connectivity index (χ0) is 17.8. The number of amides is 2. The van der Waals surface area contributed by atoms with Gasteiger partial charge < -0.3 is 19.5 Å². The van der Waals surface area contributed by atoms with Crippen LogP contribution in [0.5, 0.6) is 0 Å². The molecule has 0 aliphatic rings. The zero-order valence-electron chi connectivity index (χ0n) is 12.6. The maximum absolute atomic E-state index is 12.0. The highest BCUT2D eigenvalue weighted by atomic mass is 16.6. The lowest BCUT2D eigenvalue weighted by molar-refractivity contribution is -0.402. The molecule has 9 nitrogen and oxygen atoms in total. The SMILES string of the molecule is O=C(Nc1ccc(NC(=O)c2ccc([N+](=O)[O-])o2)cc1)c1ccco1. The lowest BCUT2D eigenvalue weighted by Crippen LogP contribution is -2.12. The Morgan fingerprint density at radius 1 is 0.880 bits per heavy atom. The van der Waals surface area contributed by atoms with E-state index in [1.54, 1.807) is 30.3 Å². The number of anilines is 2. The Kier molecular flexibility index (Phi) is 4.29. The molecule has 0 fully saturated rings. The average molecular weight is 341 g/mol. The fourth-order valence-electron chi connectivity index (χ4n) is 1.98. The van der Waals surface area contributed by atoms with Crippen molar-refractivity contribution in [2.24, 2.45) is 0 Å². The van der Waals surface area contributed by atoms with Crippen molar-refractivity contribution in [1.82, 2.24) is 0 Å². The van der Waals surface area contributed by atoms with Gasteiger partial charge >= 0.3 is 5.88 Å². The molecule has 2 heterocycles. The number of hydrogen-bond acceptors (Lipinski definition) is 6. The number of benzene rings is 1. The fraction of sp³-hybridized carbons (Fsp3) is 0. The van der Waals surface area contributed by atoms with Gasteiger partial charge in [0, 0.05) is 11.4 Å². The summed E-state index contributed by atoms with van der Waals surface area (Å²) < 4.78 is 9.80. The van der Waals surface area contributed by atoms with Gasteiger partial charge in [-0.1, -0.05) is 0 Å². The largest absolute Gasteiger partial charge is 0.459 e. The first kappa shape index (κ1) is 16.0. The summed E-state index contributed by atoms with van der Waals surface area (Å²) >= 11 is 0. The van der Waals surface area contributed by atoms with Crippen molar-refractivity contribution in [3.8, 4) is 0 Å². The molecule has 3 rings (SSSR count). The fourth-order valence-corrected chi connectivity index (χ4v) is 1.98. The number of rotatable bonds is 5. The number of carbonyl (C=O) groups excluding carboxylic acids is 2. The standard InChI is InChI=1S/C16H11N3O6/c20-15(12-2-1-9-24-12)17-10-3-5-11(6-4-10)18-16(21)13-7-8-14(25-13)19(22)23/h1-9H,(H,17,20)(H,18,21). The Labute approximate surface area is 140 Å². The van der Waals surface area contributed by atoms with E-state index in [4.69, 9.17) is 8.83 Å². The Balaban J connectivity index is 1.63. The van der Waals surface area contributed by atoms with E-state index in [9.17, 15) is 19.7 Å². The third-order valence-corrected chi connectivity index (χ3v) is 3.14. The number of nitro groups is 1. The highest BCUT2D eigenvalue weighted by Crippen LogP contribution is 2.19. The van der Waals surface area contributed by atoms with Crippen molar-refractivity contribution < 1.29 is 23.3 Å². The van der Waals surface area contributed by atoms with Crippen LogP contribution in [0, 0.1) is 10.1 Å². The molecule has 0 spiro atoms. The van der Waals surface area contributed by atoms with Gasteiger partial charge in [0.2, 0.25) is 0 Å². The van der Waals surface area contributed by atoms with E-state index >= 15 is 0 Å². The van der Waals surface area contributed by atoms with E-state index in [-0.39, 0.29) is 11.5 Å². The molecule has 0 bridgehead atoms. The second-order valence-corrected chi connectivity index (χ2v) is 4.86. The summed E-state index contributed by atoms with van der Waals surface area (Å²) in [6.45, 7) is 0. The first-order valence-corrected chi connectivity index (χ1v) is 7.03. The van der Waals surface area contributed by atoms with Crippen LogP contribution in [-0.2, 0) is 0 Å². The predicted octanol–water partition coefficient (Wildman–Crippen LogP) is 3.29. The summed E-state index contributed by atoms with van der Waals surface area (Å²) in [6, 6.07) is 11.7. The van der Waals surface area contributed by atoms with E-state index in [0.29, 0.717) is 11.4 Å². The first-order valence-electron chi connectivity index (χ1n) is 7.03. The molecule has 25 heavy (non-hydrogen) atoms. The van der Waals surface area contributed by atoms with E-state index in [0.717, 1.165) is 6.07 Å². The highest BCUT2D eigenvalue weighted by Gasteiger charge is 2.17. The van der Waals surface area contributed by atoms with Gasteiger partial charge in [0.15, 0.2) is 11.5 Å². The van der Waals surface area contributed by atoms with Gasteiger partial charge in [0.1, 0.15) is 4.92 Å². The van der Waals surface area contributed by atoms with Crippen molar-refractivity contribution in [2.45, 2.75) is 0 Å². The molecule has 0 atom stereocenters. The molecule has 0 radical (unpaired) electrons. The maximum atomic E-state index is 12.0. The molecule has 3 aromatic rings. The molecular formula is C16H11N3O6. The minimum atomic E-state index is -0.729. The second kappa shape index (κ2) is 6.71. The highest BCUT2D eigenvalue weighted by molar-refractivity contribution is 6.03. The Hall–Kier alpha value is -3.88. The molecule has 2 aromatic heterocycles. The third kappa shape index (κ3) is 3.72. The number of nitrogens with one attached hydrogen (secondary N) is 2. The number of carbonyl (C=O) groups is 2. The van der Waals surface area contributed by atoms with Gasteiger partial charge in [-0.3, -0.25) is 19.7 Å². The molecule has 0 aliphatic carbocycles. The molecule has 1 aromatic carbocycles. The lowest BCUT2D eigenvalue weighted by Gasteiger charge is -2.06. The van der Waals surface area contributed by atoms with Crippen LogP contribution in [0.3, 0.4) is 0 Å². The summed E-state index contributed by atoms with van der Waals surface area (Å²) in [6.07, 6.45) is 1.40. The first-order chi connectivity index (χ1) is 12.0. The minimum absolute atomic E-state index is 0.178. The number of hydrogen-bond donors (Lipinski definition) is 2. The summed E-state index contributed by atoms with van der Waals surface area (Å²) in [5.74, 6) is -1.54. The normalized spacial score (nSPS) is 10.2. The number of nitrogens with zero attached hydrogens (tertiary/aromatic N) is 1. The van der Waals surface area contributed by atoms with E-state index in [1.807, 2.05) is 0 Å². The van der Waals surface area contributed by atoms with Crippen LogP contribution in [0.15, 0.2) is 63.6 Å². The zero-order valence-corrected chi connectivity index (χ0v) is 12.6. The van der Waals surface area contributed by atoms with Crippen LogP contribution in [-0.4, -0.2) is 16.7 Å². The van der Waals surface area contributed by atoms with Crippen molar-refractivity contribution in [3.05, 3.63) is 76.4 Å². The second-order valence-electron chi connectivity index (χ2n) is 4.86. The van der Waals surface area contributed by atoms with Crippen LogP contribution in [0.25, 0.3) is 0 Å². The Bertz CT molecular complexity index is 912. The topological polar surface area (TPSA) is 128 Å². The Morgan fingerprint density at radius 2 is 1.48 bits per heavy atom. The molecule has 0 unspecified atom stereocenters. The molecule has 2 amide bonds. The van der Waals surface area contributed by atoms with E-state index in [2.05, 4.69) is 10.6 Å². The summed E-state index contributed by atoms with van der Waals surface area (Å²) in [7, 11) is 0. The molecule has 9 heteroatoms. The van der Waals surface area contributed by atoms with Crippen molar-refractivity contribution >= 4 is 29.1 Å². The van der Waals surface area contributed by atoms with Gasteiger partial charge in [0.25, 0.3) is 11.8 Å². The van der Waals surface area contributed by atoms with Crippen LogP contribution >= 0.6 is 0 Å². The van der Waals surface area contributed by atoms with Crippen molar-refractivity contribution in [2.75, 3.05) is 10.6 Å². The molecule has 0 saturated carbocycles. The Morgan fingerprint density at radius 3 is 1.96 bits per heavy atom. The van der Waals surface area contributed by atoms with Crippen molar-refractivity contribution in [3.63, 3.8) is 0 Å². The van der Waals surface area contributed by atoms with Gasteiger partial charge in [-0.15, -0.1) is 0 Å². The van der Waals surface area contributed by atoms with Crippen LogP contribution in [0.4, 0.5) is 17.3 Å². The van der Waals surface area contributed by atoms with Crippen LogP contribution in [0.2, 0.25) is 0 Å². The predicted molar refractivity (Wildman–Crippen MR) is 86.4 cm³/mol. The smallest absolute Gasteiger partial charge is 0.433 e. The lowest BCUT2D eigenvalue weighted by atomic mass is 10.2. The summed E-state index contributed by atoms with van der Waals surface area (Å²) in [5.41, 5.74) is 0.938. The van der Waals surface area contributed by atoms with E-state index < -0.39 is 22.6 Å². The third-order valence-electron chi connectivity index (χ3n) is 3.14. The molecule has 126 valence electrons. The van der Waals surface area contributed by atoms with Crippen LogP contribution < -0.4 is 10.6 Å². The number of furan rings is 2. The molecule has 2 N–H and O–H groups in total. The van der Waals surface area contributed by atoms with Gasteiger partial charge in [-0.05, 0) is 42.5 Å². The maximum Gasteiger partial charge on any atom is 0.433 e. The van der Waals surface area contributed by atoms with Crippen LogP contribution in [0.1, 0.15) is 21.1 Å². The summed E-state index contributed by atoms with van der Waals surface area (Å²) in [4.78, 5) is 33.6. The monoisotopic (exact) mass is 341 g/mol. The van der Waals surface area contributed by atoms with Gasteiger partial charge in [-0.25, -0.2) is 0 Å². The van der Waals surface area contributed by atoms with Gasteiger partial charge in [-0.2, -0.15) is 0 Å². The van der Waals surface area contributed by atoms with Crippen molar-refractivity contribution in [1.29, 1.82) is 0 Å². The molecule has 0 saturated heterocycles. The van der Waals surface area contributed by atoms with Gasteiger partial charge in [0.05, 0.1) is 12.3 Å². The van der Waals surface area contributed by atoms with E-state index in [1.165, 1.54) is 18.4 Å². The average Bonchev–Trinajstić information content (AvgIpc) is 3.28. The summed E-state index contributed by atoms with van der Waals surface area (Å²) in [5, 5.41) is 15.7. The minimum Gasteiger partial charge on any atom is -0.459 e. The molecule has 0 aliphatic heterocycles. The quantitative estimate of drug-likeness (QED) is 0.541.